The number of hydrogen-bond donors (Lipinski definition) is 0. The van der Waals surface area contributed by atoms with Gasteiger partial charge in [-0.3, -0.25) is 9.36 Å². The minimum Gasteiger partial charge on any atom is -0.489 e. The molecular weight excluding hydrogens is 335 g/mol. The lowest BCUT2D eigenvalue weighted by Gasteiger charge is -2.09. The highest BCUT2D eigenvalue weighted by atomic mass is 31.1. The first-order valence-electron chi connectivity index (χ1n) is 8.57. The molecule has 0 N–H and O–H groups in total. The number of carbonyl (C=O) groups is 1. The summed E-state index contributed by atoms with van der Waals surface area (Å²) in [6, 6.07) is 15.0. The second kappa shape index (κ2) is 10.0. The molecule has 2 rings (SSSR count). The summed E-state index contributed by atoms with van der Waals surface area (Å²) in [5.41, 5.74) is 1.99. The topological polar surface area (TPSA) is 52.6 Å². The minimum atomic E-state index is -1.99. The molecule has 1 atom stereocenters. The van der Waals surface area contributed by atoms with Crippen LogP contribution in [0.5, 0.6) is 11.5 Å². The van der Waals surface area contributed by atoms with Crippen molar-refractivity contribution in [2.45, 2.75) is 39.7 Å². The number of hydrogen-bond acceptors (Lipinski definition) is 4. The fourth-order valence-electron chi connectivity index (χ4n) is 2.31. The molecule has 2 aromatic carbocycles. The predicted octanol–water partition coefficient (Wildman–Crippen LogP) is 5.05. The molecule has 0 saturated heterocycles. The van der Waals surface area contributed by atoms with Gasteiger partial charge in [-0.1, -0.05) is 37.6 Å². The lowest BCUT2D eigenvalue weighted by molar-refractivity contribution is -0.116. The number of rotatable bonds is 10. The molecule has 0 aromatic heterocycles. The Bertz CT molecular complexity index is 693. The van der Waals surface area contributed by atoms with Gasteiger partial charge in [-0.2, -0.15) is 0 Å². The van der Waals surface area contributed by atoms with Gasteiger partial charge in [0.1, 0.15) is 23.9 Å². The molecule has 0 radical (unpaired) electrons. The van der Waals surface area contributed by atoms with Crippen LogP contribution in [0.2, 0.25) is 0 Å². The number of ketones is 1. The fraction of sp³-hybridized carbons (Fsp3) is 0.350. The van der Waals surface area contributed by atoms with Gasteiger partial charge in [-0.25, -0.2) is 0 Å². The van der Waals surface area contributed by atoms with Crippen LogP contribution in [0, 0.1) is 0 Å². The summed E-state index contributed by atoms with van der Waals surface area (Å²) >= 11 is 0. The summed E-state index contributed by atoms with van der Waals surface area (Å²) in [7, 11) is -1.99. The zero-order chi connectivity index (χ0) is 18.1. The van der Waals surface area contributed by atoms with Gasteiger partial charge >= 0.3 is 0 Å². The van der Waals surface area contributed by atoms with Crippen molar-refractivity contribution in [1.29, 1.82) is 0 Å². The molecule has 0 fully saturated rings. The Morgan fingerprint density at radius 2 is 1.56 bits per heavy atom. The highest BCUT2D eigenvalue weighted by Gasteiger charge is 2.03. The van der Waals surface area contributed by atoms with Crippen LogP contribution in [0.4, 0.5) is 0 Å². The Labute approximate surface area is 150 Å². The molecule has 0 saturated carbocycles. The van der Waals surface area contributed by atoms with E-state index in [1.54, 1.807) is 6.92 Å². The minimum absolute atomic E-state index is 0.147. The molecule has 2 aromatic rings. The van der Waals surface area contributed by atoms with Crippen molar-refractivity contribution in [1.82, 2.24) is 0 Å². The van der Waals surface area contributed by atoms with E-state index in [9.17, 15) is 9.36 Å². The monoisotopic (exact) mass is 360 g/mol. The third-order valence-electron chi connectivity index (χ3n) is 3.67. The molecule has 4 nitrogen and oxygen atoms in total. The Hall–Kier alpha value is -2.06. The van der Waals surface area contributed by atoms with Crippen molar-refractivity contribution in [3.05, 3.63) is 59.7 Å². The largest absolute Gasteiger partial charge is 0.489 e. The van der Waals surface area contributed by atoms with Crippen molar-refractivity contribution in [3.63, 3.8) is 0 Å². The SMILES string of the molecule is CCCC[PH](=O)Oc1ccc(COc2ccc(CC(C)=O)cc2)cc1. The zero-order valence-electron chi connectivity index (χ0n) is 14.8. The fourth-order valence-corrected chi connectivity index (χ4v) is 3.46. The lowest BCUT2D eigenvalue weighted by Crippen LogP contribution is -1.98. The van der Waals surface area contributed by atoms with Crippen LogP contribution in [0.25, 0.3) is 0 Å². The first-order valence-corrected chi connectivity index (χ1v) is 10.1. The van der Waals surface area contributed by atoms with Crippen molar-refractivity contribution in [2.24, 2.45) is 0 Å². The molecule has 134 valence electrons. The van der Waals surface area contributed by atoms with Crippen molar-refractivity contribution in [2.75, 3.05) is 6.16 Å². The van der Waals surface area contributed by atoms with E-state index in [1.807, 2.05) is 48.5 Å². The van der Waals surface area contributed by atoms with Crippen LogP contribution in [0.3, 0.4) is 0 Å². The van der Waals surface area contributed by atoms with Gasteiger partial charge in [0, 0.05) is 12.6 Å². The molecule has 0 aliphatic heterocycles. The lowest BCUT2D eigenvalue weighted by atomic mass is 10.1. The van der Waals surface area contributed by atoms with Crippen molar-refractivity contribution >= 4 is 13.8 Å². The highest BCUT2D eigenvalue weighted by molar-refractivity contribution is 7.39. The van der Waals surface area contributed by atoms with E-state index in [1.165, 1.54) is 0 Å². The number of Topliss-reactive ketones (excluding diaryl/α,β-unsaturated/α-hetero) is 1. The van der Waals surface area contributed by atoms with Crippen molar-refractivity contribution < 1.29 is 18.6 Å². The molecule has 0 bridgehead atoms. The molecule has 0 spiro atoms. The van der Waals surface area contributed by atoms with Crippen LogP contribution in [0.15, 0.2) is 48.5 Å². The summed E-state index contributed by atoms with van der Waals surface area (Å²) in [5.74, 6) is 1.54. The van der Waals surface area contributed by atoms with E-state index in [0.29, 0.717) is 24.9 Å². The number of carbonyl (C=O) groups excluding carboxylic acids is 1. The summed E-state index contributed by atoms with van der Waals surface area (Å²) in [4.78, 5) is 11.1. The average Bonchev–Trinajstić information content (AvgIpc) is 2.60. The smallest absolute Gasteiger partial charge is 0.236 e. The van der Waals surface area contributed by atoms with Crippen LogP contribution >= 0.6 is 8.03 Å². The molecule has 0 aliphatic carbocycles. The Morgan fingerprint density at radius 1 is 0.960 bits per heavy atom. The van der Waals surface area contributed by atoms with Gasteiger partial charge in [0.25, 0.3) is 0 Å². The van der Waals surface area contributed by atoms with E-state index in [4.69, 9.17) is 9.26 Å². The summed E-state index contributed by atoms with van der Waals surface area (Å²) < 4.78 is 23.0. The zero-order valence-corrected chi connectivity index (χ0v) is 15.8. The molecular formula is C20H25O4P. The molecule has 0 heterocycles. The van der Waals surface area contributed by atoms with Crippen LogP contribution in [0.1, 0.15) is 37.8 Å². The van der Waals surface area contributed by atoms with Gasteiger partial charge in [0.2, 0.25) is 8.03 Å². The molecule has 0 aliphatic rings. The molecule has 1 unspecified atom stereocenters. The Kier molecular flexibility index (Phi) is 7.75. The van der Waals surface area contributed by atoms with Gasteiger partial charge in [0.05, 0.1) is 0 Å². The second-order valence-electron chi connectivity index (χ2n) is 6.03. The number of benzene rings is 2. The summed E-state index contributed by atoms with van der Waals surface area (Å²) in [5, 5.41) is 0. The molecule has 25 heavy (non-hydrogen) atoms. The van der Waals surface area contributed by atoms with E-state index in [0.717, 1.165) is 29.7 Å². The van der Waals surface area contributed by atoms with Crippen LogP contribution in [-0.4, -0.2) is 11.9 Å². The average molecular weight is 360 g/mol. The Balaban J connectivity index is 1.83. The van der Waals surface area contributed by atoms with E-state index < -0.39 is 8.03 Å². The van der Waals surface area contributed by atoms with E-state index >= 15 is 0 Å². The third kappa shape index (κ3) is 7.15. The molecule has 0 amide bonds. The maximum atomic E-state index is 11.8. The number of ether oxygens (including phenoxy) is 1. The van der Waals surface area contributed by atoms with Gasteiger partial charge < -0.3 is 9.26 Å². The maximum Gasteiger partial charge on any atom is 0.236 e. The summed E-state index contributed by atoms with van der Waals surface area (Å²) in [6.07, 6.45) is 3.02. The second-order valence-corrected chi connectivity index (χ2v) is 7.48. The quantitative estimate of drug-likeness (QED) is 0.556. The maximum absolute atomic E-state index is 11.8. The van der Waals surface area contributed by atoms with Gasteiger partial charge in [0.15, 0.2) is 0 Å². The predicted molar refractivity (Wildman–Crippen MR) is 101 cm³/mol. The van der Waals surface area contributed by atoms with E-state index in [2.05, 4.69) is 6.92 Å². The standard InChI is InChI=1S/C20H25O4P/c1-3-4-13-25(22)24-20-11-7-18(8-12-20)15-23-19-9-5-17(6-10-19)14-16(2)21/h5-12,25H,3-4,13-15H2,1-2H3. The van der Waals surface area contributed by atoms with Crippen LogP contribution in [-0.2, 0) is 22.4 Å². The van der Waals surface area contributed by atoms with Gasteiger partial charge in [-0.15, -0.1) is 0 Å². The third-order valence-corrected chi connectivity index (χ3v) is 4.90. The first kappa shape index (κ1) is 19.3. The van der Waals surface area contributed by atoms with Crippen molar-refractivity contribution in [3.8, 4) is 11.5 Å². The highest BCUT2D eigenvalue weighted by Crippen LogP contribution is 2.28. The summed E-state index contributed by atoms with van der Waals surface area (Å²) in [6.45, 7) is 4.09. The first-order chi connectivity index (χ1) is 12.1. The normalized spacial score (nSPS) is 11.8. The Morgan fingerprint density at radius 3 is 2.16 bits per heavy atom. The molecule has 5 heteroatoms. The van der Waals surface area contributed by atoms with E-state index in [-0.39, 0.29) is 5.78 Å². The van der Waals surface area contributed by atoms with Crippen LogP contribution < -0.4 is 9.26 Å². The number of unbranched alkanes of at least 4 members (excludes halogenated alkanes) is 1. The van der Waals surface area contributed by atoms with Gasteiger partial charge in [-0.05, 0) is 48.7 Å².